The predicted molar refractivity (Wildman–Crippen MR) is 75.4 cm³/mol. The molecule has 104 valence electrons. The Hall–Kier alpha value is -1.75. The highest BCUT2D eigenvalue weighted by molar-refractivity contribution is 5.95. The molecule has 1 saturated carbocycles. The van der Waals surface area contributed by atoms with Gasteiger partial charge in [-0.15, -0.1) is 0 Å². The number of anilines is 1. The zero-order chi connectivity index (χ0) is 13.8. The molecule has 5 heteroatoms. The minimum absolute atomic E-state index is 0.0949. The molecule has 0 radical (unpaired) electrons. The number of nitrogens with zero attached hydrogens (tertiary/aromatic N) is 1. The van der Waals surface area contributed by atoms with Gasteiger partial charge in [-0.2, -0.15) is 0 Å². The van der Waals surface area contributed by atoms with E-state index >= 15 is 0 Å². The number of hydrogen-bond donors (Lipinski definition) is 2. The van der Waals surface area contributed by atoms with Crippen LogP contribution in [0.15, 0.2) is 18.2 Å². The van der Waals surface area contributed by atoms with Crippen LogP contribution < -0.4 is 15.8 Å². The molecule has 2 rings (SSSR count). The zero-order valence-corrected chi connectivity index (χ0v) is 11.5. The van der Waals surface area contributed by atoms with Crippen LogP contribution in [0.2, 0.25) is 0 Å². The zero-order valence-electron chi connectivity index (χ0n) is 11.5. The van der Waals surface area contributed by atoms with Crippen molar-refractivity contribution in [2.75, 3.05) is 33.0 Å². The molecule has 0 spiro atoms. The molecular formula is C14H21N3O2. The second-order valence-corrected chi connectivity index (χ2v) is 4.92. The molecule has 19 heavy (non-hydrogen) atoms. The molecule has 1 aliphatic rings. The number of carbonyl (C=O) groups excluding carboxylic acids is 1. The molecule has 1 aromatic carbocycles. The fourth-order valence-electron chi connectivity index (χ4n) is 2.00. The molecule has 1 aliphatic carbocycles. The van der Waals surface area contributed by atoms with Crippen LogP contribution in [0.4, 0.5) is 5.69 Å². The van der Waals surface area contributed by atoms with Gasteiger partial charge in [-0.05, 0) is 38.1 Å². The molecule has 0 aromatic heterocycles. The van der Waals surface area contributed by atoms with E-state index < -0.39 is 0 Å². The van der Waals surface area contributed by atoms with E-state index in [1.54, 1.807) is 18.2 Å². The maximum Gasteiger partial charge on any atom is 0.251 e. The van der Waals surface area contributed by atoms with E-state index in [0.717, 1.165) is 6.54 Å². The van der Waals surface area contributed by atoms with Crippen LogP contribution in [-0.4, -0.2) is 44.1 Å². The number of nitrogen functional groups attached to an aromatic ring is 1. The van der Waals surface area contributed by atoms with E-state index in [1.807, 2.05) is 0 Å². The van der Waals surface area contributed by atoms with Crippen LogP contribution >= 0.6 is 0 Å². The van der Waals surface area contributed by atoms with Crippen LogP contribution in [0.1, 0.15) is 23.2 Å². The fraction of sp³-hybridized carbons (Fsp3) is 0.500. The van der Waals surface area contributed by atoms with E-state index in [9.17, 15) is 4.79 Å². The highest BCUT2D eigenvalue weighted by atomic mass is 16.5. The van der Waals surface area contributed by atoms with Gasteiger partial charge in [0, 0.05) is 24.7 Å². The molecule has 0 bridgehead atoms. The average Bonchev–Trinajstić information content (AvgIpc) is 3.23. The Morgan fingerprint density at radius 2 is 2.26 bits per heavy atom. The number of nitrogens with two attached hydrogens (primary N) is 1. The Labute approximate surface area is 113 Å². The largest absolute Gasteiger partial charge is 0.495 e. The summed E-state index contributed by atoms with van der Waals surface area (Å²) in [4.78, 5) is 14.2. The van der Waals surface area contributed by atoms with Crippen molar-refractivity contribution in [2.24, 2.45) is 0 Å². The minimum Gasteiger partial charge on any atom is -0.495 e. The molecule has 3 N–H and O–H groups in total. The summed E-state index contributed by atoms with van der Waals surface area (Å²) in [6.07, 6.45) is 2.55. The Balaban J connectivity index is 1.85. The van der Waals surface area contributed by atoms with Crippen LogP contribution in [0.3, 0.4) is 0 Å². The molecule has 1 amide bonds. The summed E-state index contributed by atoms with van der Waals surface area (Å²) in [5.74, 6) is 0.435. The smallest absolute Gasteiger partial charge is 0.251 e. The van der Waals surface area contributed by atoms with Crippen molar-refractivity contribution in [3.05, 3.63) is 23.8 Å². The Bertz CT molecular complexity index is 458. The SMILES string of the molecule is COc1cc(C(=O)NCCN(C)C2CC2)ccc1N. The van der Waals surface area contributed by atoms with Crippen molar-refractivity contribution in [1.82, 2.24) is 10.2 Å². The summed E-state index contributed by atoms with van der Waals surface area (Å²) >= 11 is 0. The molecule has 0 atom stereocenters. The van der Waals surface area contributed by atoms with Gasteiger partial charge in [0.15, 0.2) is 0 Å². The van der Waals surface area contributed by atoms with Crippen LogP contribution in [-0.2, 0) is 0 Å². The Morgan fingerprint density at radius 1 is 1.53 bits per heavy atom. The Kier molecular flexibility index (Phi) is 4.27. The lowest BCUT2D eigenvalue weighted by atomic mass is 10.2. The number of hydrogen-bond acceptors (Lipinski definition) is 4. The number of ether oxygens (including phenoxy) is 1. The van der Waals surface area contributed by atoms with Crippen LogP contribution in [0.25, 0.3) is 0 Å². The van der Waals surface area contributed by atoms with E-state index in [4.69, 9.17) is 10.5 Å². The standard InChI is InChI=1S/C14H21N3O2/c1-17(11-4-5-11)8-7-16-14(18)10-3-6-12(15)13(9-10)19-2/h3,6,9,11H,4-5,7-8,15H2,1-2H3,(H,16,18). The molecule has 0 heterocycles. The van der Waals surface area contributed by atoms with Crippen molar-refractivity contribution in [2.45, 2.75) is 18.9 Å². The van der Waals surface area contributed by atoms with Crippen LogP contribution in [0.5, 0.6) is 5.75 Å². The van der Waals surface area contributed by atoms with E-state index in [0.29, 0.717) is 29.6 Å². The van der Waals surface area contributed by atoms with E-state index in [2.05, 4.69) is 17.3 Å². The highest BCUT2D eigenvalue weighted by Crippen LogP contribution is 2.24. The van der Waals surface area contributed by atoms with Gasteiger partial charge in [0.05, 0.1) is 12.8 Å². The lowest BCUT2D eigenvalue weighted by molar-refractivity contribution is 0.0949. The summed E-state index contributed by atoms with van der Waals surface area (Å²) in [6, 6.07) is 5.77. The summed E-state index contributed by atoms with van der Waals surface area (Å²) in [6.45, 7) is 1.53. The summed E-state index contributed by atoms with van der Waals surface area (Å²) < 4.78 is 5.10. The third-order valence-corrected chi connectivity index (χ3v) is 3.42. The second-order valence-electron chi connectivity index (χ2n) is 4.92. The first kappa shape index (κ1) is 13.7. The summed E-state index contributed by atoms with van der Waals surface area (Å²) in [5, 5.41) is 2.91. The molecule has 5 nitrogen and oxygen atoms in total. The van der Waals surface area contributed by atoms with Crippen molar-refractivity contribution in [3.63, 3.8) is 0 Å². The number of amides is 1. The van der Waals surface area contributed by atoms with Gasteiger partial charge in [0.2, 0.25) is 0 Å². The lowest BCUT2D eigenvalue weighted by Crippen LogP contribution is -2.33. The van der Waals surface area contributed by atoms with E-state index in [1.165, 1.54) is 20.0 Å². The number of nitrogens with one attached hydrogen (secondary N) is 1. The summed E-state index contributed by atoms with van der Waals surface area (Å²) in [7, 11) is 3.63. The minimum atomic E-state index is -0.0949. The van der Waals surface area contributed by atoms with Gasteiger partial charge < -0.3 is 20.7 Å². The van der Waals surface area contributed by atoms with Crippen molar-refractivity contribution >= 4 is 11.6 Å². The lowest BCUT2D eigenvalue weighted by Gasteiger charge is -2.15. The monoisotopic (exact) mass is 263 g/mol. The summed E-state index contributed by atoms with van der Waals surface area (Å²) in [5.41, 5.74) is 6.82. The molecule has 0 saturated heterocycles. The highest BCUT2D eigenvalue weighted by Gasteiger charge is 2.25. The number of rotatable bonds is 6. The first-order valence-electron chi connectivity index (χ1n) is 6.53. The van der Waals surface area contributed by atoms with Crippen molar-refractivity contribution in [3.8, 4) is 5.75 Å². The second kappa shape index (κ2) is 5.93. The van der Waals surface area contributed by atoms with Crippen LogP contribution in [0, 0.1) is 0 Å². The van der Waals surface area contributed by atoms with Gasteiger partial charge in [-0.25, -0.2) is 0 Å². The molecule has 0 aliphatic heterocycles. The average molecular weight is 263 g/mol. The molecule has 0 unspecified atom stereocenters. The van der Waals surface area contributed by atoms with Gasteiger partial charge >= 0.3 is 0 Å². The third kappa shape index (κ3) is 3.61. The van der Waals surface area contributed by atoms with Gasteiger partial charge in [0.25, 0.3) is 5.91 Å². The number of benzene rings is 1. The van der Waals surface area contributed by atoms with E-state index in [-0.39, 0.29) is 5.91 Å². The molecule has 1 aromatic rings. The topological polar surface area (TPSA) is 67.6 Å². The molecule has 1 fully saturated rings. The Morgan fingerprint density at radius 3 is 2.89 bits per heavy atom. The number of methoxy groups -OCH3 is 1. The maximum absolute atomic E-state index is 12.0. The van der Waals surface area contributed by atoms with Gasteiger partial charge in [-0.3, -0.25) is 4.79 Å². The normalized spacial score (nSPS) is 14.5. The first-order valence-corrected chi connectivity index (χ1v) is 6.53. The predicted octanol–water partition coefficient (Wildman–Crippen LogP) is 1.10. The first-order chi connectivity index (χ1) is 9.11. The van der Waals surface area contributed by atoms with Crippen molar-refractivity contribution < 1.29 is 9.53 Å². The fourth-order valence-corrected chi connectivity index (χ4v) is 2.00. The molecular weight excluding hydrogens is 242 g/mol. The van der Waals surface area contributed by atoms with Gasteiger partial charge in [-0.1, -0.05) is 0 Å². The third-order valence-electron chi connectivity index (χ3n) is 3.42. The van der Waals surface area contributed by atoms with Crippen molar-refractivity contribution in [1.29, 1.82) is 0 Å². The maximum atomic E-state index is 12.0. The van der Waals surface area contributed by atoms with Gasteiger partial charge in [0.1, 0.15) is 5.75 Å². The number of likely N-dealkylation sites (N-methyl/N-ethyl adjacent to an activating group) is 1. The quantitative estimate of drug-likeness (QED) is 0.754. The number of carbonyl (C=O) groups is 1.